The Kier molecular flexibility index (Phi) is 5.20. The fourth-order valence-electron chi connectivity index (χ4n) is 3.64. The average molecular weight is 378 g/mol. The van der Waals surface area contributed by atoms with Crippen LogP contribution in [0.4, 0.5) is 0 Å². The lowest BCUT2D eigenvalue weighted by molar-refractivity contribution is -0.177. The maximum Gasteiger partial charge on any atom is 0.201 e. The van der Waals surface area contributed by atoms with E-state index < -0.39 is 5.79 Å². The molecule has 0 amide bonds. The van der Waals surface area contributed by atoms with Crippen molar-refractivity contribution in [2.24, 2.45) is 0 Å². The molecule has 146 valence electrons. The molecule has 1 fully saturated rings. The molecule has 1 aliphatic rings. The number of hydrogen-bond acceptors (Lipinski definition) is 4. The SMILES string of the molecule is CCC1COC(Cc2c[nH]c(C)n2)(c2ccc(Oc3ccccc3)cc2C)O1. The smallest absolute Gasteiger partial charge is 0.201 e. The first-order valence-electron chi connectivity index (χ1n) is 9.74. The second-order valence-electron chi connectivity index (χ2n) is 7.26. The molecule has 2 unspecified atom stereocenters. The highest BCUT2D eigenvalue weighted by atomic mass is 16.7. The molecule has 5 heteroatoms. The number of nitrogens with one attached hydrogen (secondary N) is 1. The van der Waals surface area contributed by atoms with Gasteiger partial charge in [-0.15, -0.1) is 0 Å². The Morgan fingerprint density at radius 3 is 2.61 bits per heavy atom. The van der Waals surface area contributed by atoms with Crippen LogP contribution in [0.1, 0.15) is 36.0 Å². The minimum Gasteiger partial charge on any atom is -0.457 e. The summed E-state index contributed by atoms with van der Waals surface area (Å²) in [6.45, 7) is 6.72. The molecular weight excluding hydrogens is 352 g/mol. The van der Waals surface area contributed by atoms with E-state index in [4.69, 9.17) is 14.2 Å². The van der Waals surface area contributed by atoms with Gasteiger partial charge in [-0.05, 0) is 56.2 Å². The van der Waals surface area contributed by atoms with Crippen LogP contribution in [0, 0.1) is 13.8 Å². The summed E-state index contributed by atoms with van der Waals surface area (Å²) < 4.78 is 18.7. The zero-order valence-corrected chi connectivity index (χ0v) is 16.6. The van der Waals surface area contributed by atoms with Crippen molar-refractivity contribution in [2.45, 2.75) is 45.5 Å². The Bertz CT molecular complexity index is 938. The minimum atomic E-state index is -0.822. The number of aryl methyl sites for hydroxylation is 2. The summed E-state index contributed by atoms with van der Waals surface area (Å²) in [6.07, 6.45) is 3.48. The van der Waals surface area contributed by atoms with Crippen LogP contribution in [0.5, 0.6) is 11.5 Å². The monoisotopic (exact) mass is 378 g/mol. The minimum absolute atomic E-state index is 0.0830. The lowest BCUT2D eigenvalue weighted by Crippen LogP contribution is -2.32. The van der Waals surface area contributed by atoms with Crippen molar-refractivity contribution in [3.8, 4) is 11.5 Å². The van der Waals surface area contributed by atoms with Gasteiger partial charge in [0.2, 0.25) is 5.79 Å². The third-order valence-corrected chi connectivity index (χ3v) is 5.07. The molecule has 1 aliphatic heterocycles. The van der Waals surface area contributed by atoms with Crippen molar-refractivity contribution in [3.05, 3.63) is 77.4 Å². The topological polar surface area (TPSA) is 56.4 Å². The molecule has 2 aromatic carbocycles. The highest BCUT2D eigenvalue weighted by Gasteiger charge is 2.44. The largest absolute Gasteiger partial charge is 0.457 e. The molecule has 2 atom stereocenters. The lowest BCUT2D eigenvalue weighted by Gasteiger charge is -2.29. The van der Waals surface area contributed by atoms with Crippen LogP contribution < -0.4 is 4.74 Å². The van der Waals surface area contributed by atoms with Crippen LogP contribution in [0.2, 0.25) is 0 Å². The predicted octanol–water partition coefficient (Wildman–Crippen LogP) is 5.04. The van der Waals surface area contributed by atoms with Crippen LogP contribution in [0.15, 0.2) is 54.7 Å². The predicted molar refractivity (Wildman–Crippen MR) is 108 cm³/mol. The highest BCUT2D eigenvalue weighted by Crippen LogP contribution is 2.40. The van der Waals surface area contributed by atoms with Crippen LogP contribution in [-0.2, 0) is 21.7 Å². The Morgan fingerprint density at radius 2 is 1.96 bits per heavy atom. The normalized spacial score (nSPS) is 21.8. The van der Waals surface area contributed by atoms with Crippen molar-refractivity contribution in [1.29, 1.82) is 0 Å². The van der Waals surface area contributed by atoms with Crippen LogP contribution in [0.3, 0.4) is 0 Å². The van der Waals surface area contributed by atoms with Gasteiger partial charge < -0.3 is 19.2 Å². The van der Waals surface area contributed by atoms with Crippen molar-refractivity contribution in [2.75, 3.05) is 6.61 Å². The molecule has 28 heavy (non-hydrogen) atoms. The van der Waals surface area contributed by atoms with Gasteiger partial charge in [-0.3, -0.25) is 0 Å². The summed E-state index contributed by atoms with van der Waals surface area (Å²) >= 11 is 0. The summed E-state index contributed by atoms with van der Waals surface area (Å²) in [5, 5.41) is 0. The van der Waals surface area contributed by atoms with Crippen molar-refractivity contribution >= 4 is 0 Å². The maximum atomic E-state index is 6.42. The summed E-state index contributed by atoms with van der Waals surface area (Å²) in [7, 11) is 0. The van der Waals surface area contributed by atoms with Gasteiger partial charge in [-0.1, -0.05) is 25.1 Å². The van der Waals surface area contributed by atoms with E-state index in [-0.39, 0.29) is 6.10 Å². The zero-order valence-electron chi connectivity index (χ0n) is 16.6. The molecule has 0 spiro atoms. The number of ether oxygens (including phenoxy) is 3. The molecule has 1 saturated heterocycles. The van der Waals surface area contributed by atoms with E-state index in [0.717, 1.165) is 40.6 Å². The second kappa shape index (κ2) is 7.78. The number of hydrogen-bond donors (Lipinski definition) is 1. The van der Waals surface area contributed by atoms with E-state index in [2.05, 4.69) is 23.8 Å². The Labute approximate surface area is 165 Å². The van der Waals surface area contributed by atoms with E-state index >= 15 is 0 Å². The first kappa shape index (κ1) is 18.7. The van der Waals surface area contributed by atoms with Gasteiger partial charge in [0.15, 0.2) is 0 Å². The number of nitrogens with zero attached hydrogens (tertiary/aromatic N) is 1. The third-order valence-electron chi connectivity index (χ3n) is 5.07. The third kappa shape index (κ3) is 3.81. The molecule has 0 aliphatic carbocycles. The van der Waals surface area contributed by atoms with Crippen LogP contribution in [0.25, 0.3) is 0 Å². The maximum absolute atomic E-state index is 6.42. The van der Waals surface area contributed by atoms with Crippen LogP contribution in [-0.4, -0.2) is 22.7 Å². The summed E-state index contributed by atoms with van der Waals surface area (Å²) in [5.74, 6) is 1.68. The quantitative estimate of drug-likeness (QED) is 0.653. The van der Waals surface area contributed by atoms with E-state index in [1.165, 1.54) is 0 Å². The molecular formula is C23H26N2O3. The number of aromatic nitrogens is 2. The van der Waals surface area contributed by atoms with Gasteiger partial charge in [0.1, 0.15) is 17.3 Å². The summed E-state index contributed by atoms with van der Waals surface area (Å²) in [6, 6.07) is 15.8. The molecule has 3 aromatic rings. The number of rotatable bonds is 6. The van der Waals surface area contributed by atoms with E-state index in [0.29, 0.717) is 13.0 Å². The molecule has 5 nitrogen and oxygen atoms in total. The molecule has 1 aromatic heterocycles. The number of para-hydroxylation sites is 1. The van der Waals surface area contributed by atoms with Crippen LogP contribution >= 0.6 is 0 Å². The highest BCUT2D eigenvalue weighted by molar-refractivity contribution is 5.40. The summed E-state index contributed by atoms with van der Waals surface area (Å²) in [5.41, 5.74) is 3.01. The lowest BCUT2D eigenvalue weighted by atomic mass is 9.96. The van der Waals surface area contributed by atoms with Crippen molar-refractivity contribution < 1.29 is 14.2 Å². The molecule has 0 radical (unpaired) electrons. The van der Waals surface area contributed by atoms with Gasteiger partial charge >= 0.3 is 0 Å². The Balaban J connectivity index is 1.64. The van der Waals surface area contributed by atoms with E-state index in [9.17, 15) is 0 Å². The average Bonchev–Trinajstić information content (AvgIpc) is 3.29. The molecule has 0 bridgehead atoms. The van der Waals surface area contributed by atoms with Crippen molar-refractivity contribution in [1.82, 2.24) is 9.97 Å². The summed E-state index contributed by atoms with van der Waals surface area (Å²) in [4.78, 5) is 7.70. The number of aromatic amines is 1. The fourth-order valence-corrected chi connectivity index (χ4v) is 3.64. The number of H-pyrrole nitrogens is 1. The fraction of sp³-hybridized carbons (Fsp3) is 0.348. The standard InChI is InChI=1S/C23H26N2O3/c1-4-19-15-26-23(28-19,13-18-14-24-17(3)25-18)22-11-10-21(12-16(22)2)27-20-8-6-5-7-9-20/h5-12,14,19H,4,13,15H2,1-3H3,(H,24,25). The number of imidazole rings is 1. The van der Waals surface area contributed by atoms with Gasteiger partial charge in [-0.2, -0.15) is 0 Å². The Hall–Kier alpha value is -2.63. The first-order valence-corrected chi connectivity index (χ1v) is 9.74. The van der Waals surface area contributed by atoms with Gasteiger partial charge in [0.05, 0.1) is 24.8 Å². The van der Waals surface area contributed by atoms with E-state index in [1.807, 2.05) is 61.7 Å². The number of benzene rings is 2. The van der Waals surface area contributed by atoms with Crippen molar-refractivity contribution in [3.63, 3.8) is 0 Å². The van der Waals surface area contributed by atoms with Gasteiger partial charge in [0.25, 0.3) is 0 Å². The van der Waals surface area contributed by atoms with Gasteiger partial charge in [-0.25, -0.2) is 4.98 Å². The molecule has 4 rings (SSSR count). The second-order valence-corrected chi connectivity index (χ2v) is 7.26. The zero-order chi connectivity index (χ0) is 19.6. The first-order chi connectivity index (χ1) is 13.6. The van der Waals surface area contributed by atoms with E-state index in [1.54, 1.807) is 0 Å². The molecule has 2 heterocycles. The Morgan fingerprint density at radius 1 is 1.14 bits per heavy atom. The molecule has 0 saturated carbocycles. The molecule has 1 N–H and O–H groups in total. The van der Waals surface area contributed by atoms with Gasteiger partial charge in [0, 0.05) is 11.8 Å².